The Bertz CT molecular complexity index is 424. The third-order valence-electron chi connectivity index (χ3n) is 2.09. The highest BCUT2D eigenvalue weighted by Gasteiger charge is 2.15. The molecule has 18 heavy (non-hydrogen) atoms. The number of hydrogen-bond donors (Lipinski definition) is 1. The first-order valence-electron chi connectivity index (χ1n) is 5.20. The monoisotopic (exact) mass is 292 g/mol. The van der Waals surface area contributed by atoms with Gasteiger partial charge in [-0.05, 0) is 12.5 Å². The molecule has 0 fully saturated rings. The number of rotatable bonds is 7. The van der Waals surface area contributed by atoms with Crippen LogP contribution in [0, 0.1) is 10.1 Å². The van der Waals surface area contributed by atoms with Gasteiger partial charge in [0.2, 0.25) is 0 Å². The summed E-state index contributed by atoms with van der Waals surface area (Å²) in [6, 6.07) is 2.75. The van der Waals surface area contributed by atoms with E-state index in [0.29, 0.717) is 24.4 Å². The Hall–Kier alpha value is -1.18. The molecule has 0 aliphatic carbocycles. The summed E-state index contributed by atoms with van der Waals surface area (Å²) in [4.78, 5) is 21.9. The second-order valence-electron chi connectivity index (χ2n) is 3.49. The lowest BCUT2D eigenvalue weighted by Gasteiger charge is -2.08. The summed E-state index contributed by atoms with van der Waals surface area (Å²) in [6.45, 7) is 0.823. The summed E-state index contributed by atoms with van der Waals surface area (Å²) in [7, 11) is 1.55. The molecule has 0 aliphatic heterocycles. The van der Waals surface area contributed by atoms with E-state index >= 15 is 0 Å². The van der Waals surface area contributed by atoms with E-state index in [2.05, 4.69) is 5.32 Å². The van der Waals surface area contributed by atoms with Crippen LogP contribution in [0.25, 0.3) is 0 Å². The molecule has 100 valence electrons. The molecular weight excluding hydrogens is 280 g/mol. The lowest BCUT2D eigenvalue weighted by atomic mass is 10.3. The van der Waals surface area contributed by atoms with Gasteiger partial charge >= 0.3 is 5.00 Å². The van der Waals surface area contributed by atoms with Crippen LogP contribution >= 0.6 is 22.9 Å². The van der Waals surface area contributed by atoms with Gasteiger partial charge in [0, 0.05) is 19.7 Å². The van der Waals surface area contributed by atoms with Crippen LogP contribution in [-0.2, 0) is 4.74 Å². The number of amides is 1. The molecule has 0 aliphatic rings. The van der Waals surface area contributed by atoms with Crippen LogP contribution in [-0.4, -0.2) is 36.5 Å². The minimum Gasteiger partial charge on any atom is -0.383 e. The average Bonchev–Trinajstić information content (AvgIpc) is 2.78. The Labute approximate surface area is 113 Å². The van der Waals surface area contributed by atoms with E-state index in [1.165, 1.54) is 12.1 Å². The number of nitrogens with one attached hydrogen (secondary N) is 1. The predicted molar refractivity (Wildman–Crippen MR) is 69.4 cm³/mol. The molecule has 1 aromatic rings. The summed E-state index contributed by atoms with van der Waals surface area (Å²) < 4.78 is 4.86. The van der Waals surface area contributed by atoms with E-state index in [4.69, 9.17) is 16.3 Å². The first kappa shape index (κ1) is 14.9. The van der Waals surface area contributed by atoms with Crippen LogP contribution in [0.15, 0.2) is 12.1 Å². The van der Waals surface area contributed by atoms with Gasteiger partial charge < -0.3 is 10.1 Å². The number of methoxy groups -OCH3 is 1. The largest absolute Gasteiger partial charge is 0.383 e. The molecule has 1 unspecified atom stereocenters. The van der Waals surface area contributed by atoms with Crippen LogP contribution in [0.4, 0.5) is 5.00 Å². The van der Waals surface area contributed by atoms with Crippen molar-refractivity contribution < 1.29 is 14.5 Å². The molecular formula is C10H13ClN2O4S. The number of alkyl halides is 1. The number of carbonyl (C=O) groups excluding carboxylic acids is 1. The van der Waals surface area contributed by atoms with E-state index < -0.39 is 4.92 Å². The van der Waals surface area contributed by atoms with Gasteiger partial charge in [-0.1, -0.05) is 11.3 Å². The standard InChI is InChI=1S/C10H13ClN2O4S/c1-17-6-7(11)4-5-12-10(14)8-2-3-9(18-8)13(15)16/h2-3,7H,4-6H2,1H3,(H,12,14). The number of thiophene rings is 1. The molecule has 1 heterocycles. The van der Waals surface area contributed by atoms with Gasteiger partial charge in [0.15, 0.2) is 0 Å². The minimum atomic E-state index is -0.519. The van der Waals surface area contributed by atoms with E-state index in [1.807, 2.05) is 0 Å². The Morgan fingerprint density at radius 2 is 2.39 bits per heavy atom. The van der Waals surface area contributed by atoms with Crippen molar-refractivity contribution in [3.05, 3.63) is 27.1 Å². The number of nitro groups is 1. The molecule has 0 bridgehead atoms. The van der Waals surface area contributed by atoms with Crippen molar-refractivity contribution in [3.63, 3.8) is 0 Å². The average molecular weight is 293 g/mol. The predicted octanol–water partition coefficient (Wildman–Crippen LogP) is 2.03. The van der Waals surface area contributed by atoms with Gasteiger partial charge in [0.1, 0.15) is 0 Å². The highest BCUT2D eigenvalue weighted by Crippen LogP contribution is 2.23. The maximum absolute atomic E-state index is 11.6. The van der Waals surface area contributed by atoms with Gasteiger partial charge in [-0.2, -0.15) is 0 Å². The molecule has 1 aromatic heterocycles. The first-order chi connectivity index (χ1) is 8.54. The topological polar surface area (TPSA) is 81.5 Å². The van der Waals surface area contributed by atoms with Crippen molar-refractivity contribution in [2.24, 2.45) is 0 Å². The van der Waals surface area contributed by atoms with Crippen molar-refractivity contribution >= 4 is 33.8 Å². The molecule has 1 rings (SSSR count). The van der Waals surface area contributed by atoms with Crippen LogP contribution in [0.2, 0.25) is 0 Å². The van der Waals surface area contributed by atoms with Gasteiger partial charge in [0.25, 0.3) is 5.91 Å². The van der Waals surface area contributed by atoms with E-state index in [0.717, 1.165) is 11.3 Å². The van der Waals surface area contributed by atoms with E-state index in [1.54, 1.807) is 7.11 Å². The molecule has 0 radical (unpaired) electrons. The Morgan fingerprint density at radius 3 is 2.94 bits per heavy atom. The number of ether oxygens (including phenoxy) is 1. The highest BCUT2D eigenvalue weighted by molar-refractivity contribution is 7.17. The van der Waals surface area contributed by atoms with Gasteiger partial charge in [-0.3, -0.25) is 14.9 Å². The van der Waals surface area contributed by atoms with E-state index in [9.17, 15) is 14.9 Å². The summed E-state index contributed by atoms with van der Waals surface area (Å²) in [6.07, 6.45) is 0.578. The molecule has 1 N–H and O–H groups in total. The molecule has 1 atom stereocenters. The fraction of sp³-hybridized carbons (Fsp3) is 0.500. The second-order valence-corrected chi connectivity index (χ2v) is 5.17. The zero-order chi connectivity index (χ0) is 13.5. The van der Waals surface area contributed by atoms with Gasteiger partial charge in [-0.15, -0.1) is 11.6 Å². The lowest BCUT2D eigenvalue weighted by Crippen LogP contribution is -2.26. The SMILES string of the molecule is COCC(Cl)CCNC(=O)c1ccc([N+](=O)[O-])s1. The number of halogens is 1. The van der Waals surface area contributed by atoms with Crippen molar-refractivity contribution in [1.29, 1.82) is 0 Å². The third kappa shape index (κ3) is 4.59. The zero-order valence-electron chi connectivity index (χ0n) is 9.72. The molecule has 0 aromatic carbocycles. The lowest BCUT2D eigenvalue weighted by molar-refractivity contribution is -0.380. The molecule has 0 saturated carbocycles. The van der Waals surface area contributed by atoms with Crippen molar-refractivity contribution in [1.82, 2.24) is 5.32 Å². The highest BCUT2D eigenvalue weighted by atomic mass is 35.5. The van der Waals surface area contributed by atoms with Gasteiger partial charge in [-0.25, -0.2) is 0 Å². The van der Waals surface area contributed by atoms with Gasteiger partial charge in [0.05, 0.1) is 21.8 Å². The quantitative estimate of drug-likeness (QED) is 0.473. The smallest absolute Gasteiger partial charge is 0.324 e. The summed E-state index contributed by atoms with van der Waals surface area (Å²) >= 11 is 6.74. The third-order valence-corrected chi connectivity index (χ3v) is 3.47. The van der Waals surface area contributed by atoms with Crippen molar-refractivity contribution in [2.75, 3.05) is 20.3 Å². The maximum atomic E-state index is 11.6. The number of nitrogens with zero attached hydrogens (tertiary/aromatic N) is 1. The van der Waals surface area contributed by atoms with E-state index in [-0.39, 0.29) is 16.3 Å². The van der Waals surface area contributed by atoms with Crippen LogP contribution in [0.5, 0.6) is 0 Å². The summed E-state index contributed by atoms with van der Waals surface area (Å²) in [5.41, 5.74) is 0. The van der Waals surface area contributed by atoms with Crippen molar-refractivity contribution in [2.45, 2.75) is 11.8 Å². The Morgan fingerprint density at radius 1 is 1.67 bits per heavy atom. The molecule has 8 heteroatoms. The molecule has 0 spiro atoms. The Kier molecular flexibility index (Phi) is 6.03. The maximum Gasteiger partial charge on any atom is 0.324 e. The van der Waals surface area contributed by atoms with Crippen LogP contribution < -0.4 is 5.32 Å². The second kappa shape index (κ2) is 7.30. The van der Waals surface area contributed by atoms with Crippen LogP contribution in [0.3, 0.4) is 0 Å². The first-order valence-corrected chi connectivity index (χ1v) is 6.45. The Balaban J connectivity index is 2.38. The fourth-order valence-electron chi connectivity index (χ4n) is 1.24. The normalized spacial score (nSPS) is 12.1. The van der Waals surface area contributed by atoms with Crippen LogP contribution in [0.1, 0.15) is 16.1 Å². The number of carbonyl (C=O) groups is 1. The zero-order valence-corrected chi connectivity index (χ0v) is 11.3. The fourth-order valence-corrected chi connectivity index (χ4v) is 2.21. The molecule has 1 amide bonds. The molecule has 0 saturated heterocycles. The van der Waals surface area contributed by atoms with Crippen molar-refractivity contribution in [3.8, 4) is 0 Å². The number of hydrogen-bond acceptors (Lipinski definition) is 5. The molecule has 6 nitrogen and oxygen atoms in total. The summed E-state index contributed by atoms with van der Waals surface area (Å²) in [5, 5.41) is 12.9. The minimum absolute atomic E-state index is 0.0465. The summed E-state index contributed by atoms with van der Waals surface area (Å²) in [5.74, 6) is -0.325.